The van der Waals surface area contributed by atoms with E-state index in [0.717, 1.165) is 6.42 Å². The smallest absolute Gasteiger partial charge is 0.344 e. The molecular formula is C24H42O6. The summed E-state index contributed by atoms with van der Waals surface area (Å²) in [5.74, 6) is -1.04. The number of rotatable bonds is 11. The average Bonchev–Trinajstić information content (AvgIpc) is 3.34. The predicted molar refractivity (Wildman–Crippen MR) is 115 cm³/mol. The molecule has 0 heterocycles. The first-order valence-corrected chi connectivity index (χ1v) is 11.9. The second-order valence-corrected chi connectivity index (χ2v) is 9.51. The van der Waals surface area contributed by atoms with E-state index in [4.69, 9.17) is 9.47 Å². The standard InChI is InChI=1S/C24H42O6/c1-7-15(6)22(26)29-14-19(25)30-18-13-16-12-17(18)21(24(28,10-4)11-5)20(16)23(27,8-2)9-3/h15-18,20-21,27-28H,7-14H2,1-6H3. The summed E-state index contributed by atoms with van der Waals surface area (Å²) in [6.07, 6.45) is 4.41. The molecule has 0 aliphatic heterocycles. The van der Waals surface area contributed by atoms with Crippen molar-refractivity contribution in [3.8, 4) is 0 Å². The van der Waals surface area contributed by atoms with E-state index >= 15 is 0 Å². The van der Waals surface area contributed by atoms with Crippen LogP contribution < -0.4 is 0 Å². The van der Waals surface area contributed by atoms with Crippen molar-refractivity contribution in [3.63, 3.8) is 0 Å². The number of carbonyl (C=O) groups is 2. The maximum absolute atomic E-state index is 12.4. The van der Waals surface area contributed by atoms with Crippen molar-refractivity contribution in [3.05, 3.63) is 0 Å². The molecule has 0 radical (unpaired) electrons. The fraction of sp³-hybridized carbons (Fsp3) is 0.917. The van der Waals surface area contributed by atoms with Gasteiger partial charge in [-0.05, 0) is 62.7 Å². The van der Waals surface area contributed by atoms with E-state index in [0.29, 0.717) is 38.5 Å². The molecule has 6 unspecified atom stereocenters. The van der Waals surface area contributed by atoms with E-state index in [-0.39, 0.29) is 48.3 Å². The van der Waals surface area contributed by atoms with Crippen LogP contribution in [0.4, 0.5) is 0 Å². The molecule has 0 amide bonds. The van der Waals surface area contributed by atoms with Crippen LogP contribution in [-0.2, 0) is 19.1 Å². The van der Waals surface area contributed by atoms with Gasteiger partial charge >= 0.3 is 11.9 Å². The van der Waals surface area contributed by atoms with E-state index in [9.17, 15) is 19.8 Å². The molecule has 2 saturated carbocycles. The maximum Gasteiger partial charge on any atom is 0.344 e. The van der Waals surface area contributed by atoms with Crippen LogP contribution in [0.25, 0.3) is 0 Å². The number of fused-ring (bicyclic) bond motifs is 2. The van der Waals surface area contributed by atoms with Crippen molar-refractivity contribution in [1.29, 1.82) is 0 Å². The number of hydrogen-bond donors (Lipinski definition) is 2. The van der Waals surface area contributed by atoms with Crippen molar-refractivity contribution in [1.82, 2.24) is 0 Å². The zero-order chi connectivity index (χ0) is 22.7. The lowest BCUT2D eigenvalue weighted by Gasteiger charge is -2.50. The first kappa shape index (κ1) is 25.1. The quantitative estimate of drug-likeness (QED) is 0.487. The molecule has 2 bridgehead atoms. The minimum absolute atomic E-state index is 0.000540. The van der Waals surface area contributed by atoms with Crippen molar-refractivity contribution in [2.45, 2.75) is 104 Å². The van der Waals surface area contributed by atoms with Crippen LogP contribution in [0, 0.1) is 29.6 Å². The van der Waals surface area contributed by atoms with Gasteiger partial charge in [-0.3, -0.25) is 4.79 Å². The van der Waals surface area contributed by atoms with Gasteiger partial charge in [-0.15, -0.1) is 0 Å². The van der Waals surface area contributed by atoms with Gasteiger partial charge in [0.05, 0.1) is 17.1 Å². The Bertz CT molecular complexity index is 595. The fourth-order valence-corrected chi connectivity index (χ4v) is 6.03. The molecule has 2 N–H and O–H groups in total. The molecule has 0 saturated heterocycles. The molecule has 6 nitrogen and oxygen atoms in total. The van der Waals surface area contributed by atoms with Crippen molar-refractivity contribution >= 4 is 11.9 Å². The first-order valence-electron chi connectivity index (χ1n) is 11.9. The van der Waals surface area contributed by atoms with Crippen LogP contribution in [0.1, 0.15) is 86.5 Å². The molecule has 30 heavy (non-hydrogen) atoms. The Hall–Kier alpha value is -1.14. The van der Waals surface area contributed by atoms with E-state index in [1.807, 2.05) is 34.6 Å². The van der Waals surface area contributed by atoms with Crippen LogP contribution in [-0.4, -0.2) is 46.1 Å². The summed E-state index contributed by atoms with van der Waals surface area (Å²) in [5.41, 5.74) is -1.71. The van der Waals surface area contributed by atoms with Gasteiger partial charge in [0.2, 0.25) is 0 Å². The van der Waals surface area contributed by atoms with Gasteiger partial charge in [0.25, 0.3) is 0 Å². The topological polar surface area (TPSA) is 93.1 Å². The summed E-state index contributed by atoms with van der Waals surface area (Å²) in [6.45, 7) is 11.3. The van der Waals surface area contributed by atoms with Crippen LogP contribution >= 0.6 is 0 Å². The lowest BCUT2D eigenvalue weighted by Crippen LogP contribution is -2.55. The van der Waals surface area contributed by atoms with Gasteiger partial charge in [0.1, 0.15) is 6.10 Å². The molecule has 174 valence electrons. The molecule has 0 spiro atoms. The van der Waals surface area contributed by atoms with Crippen LogP contribution in [0.2, 0.25) is 0 Å². The zero-order valence-corrected chi connectivity index (χ0v) is 19.6. The predicted octanol–water partition coefficient (Wildman–Crippen LogP) is 3.86. The molecule has 2 fully saturated rings. The summed E-state index contributed by atoms with van der Waals surface area (Å²) in [6, 6.07) is 0. The number of carbonyl (C=O) groups excluding carboxylic acids is 2. The molecule has 6 atom stereocenters. The maximum atomic E-state index is 12.4. The van der Waals surface area contributed by atoms with Gasteiger partial charge in [0, 0.05) is 5.92 Å². The second-order valence-electron chi connectivity index (χ2n) is 9.51. The third kappa shape index (κ3) is 4.69. The van der Waals surface area contributed by atoms with Crippen LogP contribution in [0.5, 0.6) is 0 Å². The highest BCUT2D eigenvalue weighted by Gasteiger charge is 2.63. The fourth-order valence-electron chi connectivity index (χ4n) is 6.03. The largest absolute Gasteiger partial charge is 0.460 e. The van der Waals surface area contributed by atoms with Gasteiger partial charge in [0.15, 0.2) is 6.61 Å². The first-order chi connectivity index (χ1) is 14.1. The van der Waals surface area contributed by atoms with Crippen molar-refractivity contribution < 1.29 is 29.3 Å². The molecule has 2 aliphatic rings. The van der Waals surface area contributed by atoms with Gasteiger partial charge in [-0.1, -0.05) is 41.5 Å². The number of ether oxygens (including phenoxy) is 2. The van der Waals surface area contributed by atoms with Gasteiger partial charge in [-0.2, -0.15) is 0 Å². The normalized spacial score (nSPS) is 29.7. The van der Waals surface area contributed by atoms with Crippen LogP contribution in [0.15, 0.2) is 0 Å². The Kier molecular flexibility index (Phi) is 8.36. The summed E-state index contributed by atoms with van der Waals surface area (Å²) in [4.78, 5) is 24.2. The number of hydrogen-bond acceptors (Lipinski definition) is 6. The Balaban J connectivity index is 2.15. The summed E-state index contributed by atoms with van der Waals surface area (Å²) in [5, 5.41) is 22.9. The Morgan fingerprint density at radius 2 is 1.47 bits per heavy atom. The van der Waals surface area contributed by atoms with E-state index in [2.05, 4.69) is 0 Å². The monoisotopic (exact) mass is 426 g/mol. The summed E-state index contributed by atoms with van der Waals surface area (Å²) < 4.78 is 10.8. The Morgan fingerprint density at radius 1 is 0.933 bits per heavy atom. The Labute approximate surface area is 181 Å². The Morgan fingerprint density at radius 3 is 1.97 bits per heavy atom. The van der Waals surface area contributed by atoms with Crippen molar-refractivity contribution in [2.24, 2.45) is 29.6 Å². The number of esters is 2. The average molecular weight is 427 g/mol. The highest BCUT2D eigenvalue weighted by Crippen LogP contribution is 2.61. The van der Waals surface area contributed by atoms with Crippen LogP contribution in [0.3, 0.4) is 0 Å². The molecule has 2 aliphatic carbocycles. The van der Waals surface area contributed by atoms with Crippen molar-refractivity contribution in [2.75, 3.05) is 6.61 Å². The molecule has 2 rings (SSSR count). The summed E-state index contributed by atoms with van der Waals surface area (Å²) >= 11 is 0. The highest BCUT2D eigenvalue weighted by atomic mass is 16.6. The lowest BCUT2D eigenvalue weighted by molar-refractivity contribution is -0.179. The highest BCUT2D eigenvalue weighted by molar-refractivity contribution is 5.77. The molecule has 6 heteroatoms. The zero-order valence-electron chi connectivity index (χ0n) is 19.6. The summed E-state index contributed by atoms with van der Waals surface area (Å²) in [7, 11) is 0. The SMILES string of the molecule is CCC(C)C(=O)OCC(=O)OC1CC2CC1C(C(O)(CC)CC)C2C(O)(CC)CC. The van der Waals surface area contributed by atoms with E-state index in [1.165, 1.54) is 0 Å². The third-order valence-electron chi connectivity index (χ3n) is 8.26. The molecule has 0 aromatic carbocycles. The minimum atomic E-state index is -0.892. The third-order valence-corrected chi connectivity index (χ3v) is 8.26. The second kappa shape index (κ2) is 9.99. The van der Waals surface area contributed by atoms with Gasteiger partial charge in [-0.25, -0.2) is 4.79 Å². The van der Waals surface area contributed by atoms with E-state index < -0.39 is 17.2 Å². The lowest BCUT2D eigenvalue weighted by atomic mass is 9.60. The molecule has 0 aromatic rings. The van der Waals surface area contributed by atoms with Gasteiger partial charge < -0.3 is 19.7 Å². The minimum Gasteiger partial charge on any atom is -0.460 e. The molecular weight excluding hydrogens is 384 g/mol. The molecule has 0 aromatic heterocycles. The van der Waals surface area contributed by atoms with E-state index in [1.54, 1.807) is 6.92 Å². The number of aliphatic hydroxyl groups is 2.